The molecule has 1 aliphatic rings. The van der Waals surface area contributed by atoms with Crippen LogP contribution in [0.4, 0.5) is 0 Å². The highest BCUT2D eigenvalue weighted by Gasteiger charge is 2.24. The van der Waals surface area contributed by atoms with Crippen LogP contribution < -0.4 is 9.47 Å². The third kappa shape index (κ3) is 12.0. The summed E-state index contributed by atoms with van der Waals surface area (Å²) in [7, 11) is 1.76. The minimum Gasteiger partial charge on any atom is -0.493 e. The molecule has 0 N–H and O–H groups in total. The first-order valence-electron chi connectivity index (χ1n) is 16.7. The first kappa shape index (κ1) is 34.5. The van der Waals surface area contributed by atoms with Crippen LogP contribution in [0.2, 0.25) is 0 Å². The third-order valence-corrected chi connectivity index (χ3v) is 8.68. The average Bonchev–Trinajstić information content (AvgIpc) is 3.38. The van der Waals surface area contributed by atoms with Gasteiger partial charge in [0.05, 0.1) is 25.9 Å². The van der Waals surface area contributed by atoms with Crippen LogP contribution in [0.25, 0.3) is 5.57 Å². The number of ether oxygens (including phenoxy) is 3. The fourth-order valence-corrected chi connectivity index (χ4v) is 6.14. The molecule has 3 nitrogen and oxygen atoms in total. The third-order valence-electron chi connectivity index (χ3n) is 8.68. The number of aryl methyl sites for hydroxylation is 1. The molecule has 0 aliphatic carbocycles. The Morgan fingerprint density at radius 3 is 2.30 bits per heavy atom. The second kappa shape index (κ2) is 19.4. The number of hydrogen-bond acceptors (Lipinski definition) is 3. The first-order chi connectivity index (χ1) is 19.3. The van der Waals surface area contributed by atoms with E-state index >= 15 is 0 Å². The molecule has 0 amide bonds. The van der Waals surface area contributed by atoms with Crippen molar-refractivity contribution in [3.05, 3.63) is 41.5 Å². The molecule has 40 heavy (non-hydrogen) atoms. The van der Waals surface area contributed by atoms with E-state index in [9.17, 15) is 0 Å². The molecule has 1 aliphatic heterocycles. The van der Waals surface area contributed by atoms with Gasteiger partial charge in [0.25, 0.3) is 0 Å². The molecular weight excluding hydrogens is 492 g/mol. The van der Waals surface area contributed by atoms with Crippen LogP contribution in [0.5, 0.6) is 11.5 Å². The summed E-state index contributed by atoms with van der Waals surface area (Å²) in [4.78, 5) is 0. The molecule has 2 rings (SSSR count). The molecule has 1 saturated heterocycles. The Balaban J connectivity index is 2.17. The second-order valence-electron chi connectivity index (χ2n) is 12.5. The monoisotopic (exact) mass is 554 g/mol. The van der Waals surface area contributed by atoms with Crippen molar-refractivity contribution in [2.45, 2.75) is 150 Å². The van der Waals surface area contributed by atoms with Gasteiger partial charge in [0, 0.05) is 0 Å². The summed E-state index contributed by atoms with van der Waals surface area (Å²) < 4.78 is 18.4. The molecule has 4 unspecified atom stereocenters. The molecule has 0 saturated carbocycles. The van der Waals surface area contributed by atoms with Gasteiger partial charge < -0.3 is 14.2 Å². The van der Waals surface area contributed by atoms with Crippen molar-refractivity contribution in [2.75, 3.05) is 13.7 Å². The van der Waals surface area contributed by atoms with Crippen LogP contribution in [0.3, 0.4) is 0 Å². The minimum absolute atomic E-state index is 0.129. The number of rotatable bonds is 21. The Morgan fingerprint density at radius 1 is 0.950 bits per heavy atom. The van der Waals surface area contributed by atoms with Crippen LogP contribution >= 0.6 is 0 Å². The fraction of sp³-hybridized carbons (Fsp3) is 0.730. The van der Waals surface area contributed by atoms with Gasteiger partial charge in [0.2, 0.25) is 0 Å². The maximum atomic E-state index is 6.29. The number of methoxy groups -OCH3 is 1. The minimum atomic E-state index is 0.129. The summed E-state index contributed by atoms with van der Waals surface area (Å²) in [6, 6.07) is 4.40. The number of hydrogen-bond donors (Lipinski definition) is 0. The Labute approximate surface area is 248 Å². The van der Waals surface area contributed by atoms with Gasteiger partial charge in [-0.25, -0.2) is 0 Å². The summed E-state index contributed by atoms with van der Waals surface area (Å²) in [5, 5.41) is 0. The highest BCUT2D eigenvalue weighted by Crippen LogP contribution is 2.38. The molecule has 1 aromatic carbocycles. The van der Waals surface area contributed by atoms with E-state index in [1.807, 2.05) is 0 Å². The lowest BCUT2D eigenvalue weighted by Gasteiger charge is -2.22. The largest absolute Gasteiger partial charge is 0.493 e. The topological polar surface area (TPSA) is 27.7 Å². The first-order valence-corrected chi connectivity index (χ1v) is 16.7. The van der Waals surface area contributed by atoms with Gasteiger partial charge in [-0.2, -0.15) is 0 Å². The highest BCUT2D eigenvalue weighted by atomic mass is 16.5. The molecule has 1 fully saturated rings. The van der Waals surface area contributed by atoms with E-state index in [-0.39, 0.29) is 6.10 Å². The standard InChI is InChI=1S/C37H62O3/c1-9-12-14-18-28(4)19-15-16-23-39-37-25-29(5)34(27-36(37)38-8)33(26-32(17-11-3)20-13-10-2)24-30(6)35-22-21-31(7)40-35/h24-25,27-28,31-32,35H,6,9-23,26H2,1-5,7-8H3/b33-24-. The summed E-state index contributed by atoms with van der Waals surface area (Å²) >= 11 is 0. The zero-order chi connectivity index (χ0) is 29.3. The van der Waals surface area contributed by atoms with E-state index in [4.69, 9.17) is 14.2 Å². The zero-order valence-corrected chi connectivity index (χ0v) is 27.3. The van der Waals surface area contributed by atoms with E-state index in [0.717, 1.165) is 55.3 Å². The highest BCUT2D eigenvalue weighted by molar-refractivity contribution is 5.73. The maximum Gasteiger partial charge on any atom is 0.161 e. The Bertz CT molecular complexity index is 886. The van der Waals surface area contributed by atoms with E-state index < -0.39 is 0 Å². The van der Waals surface area contributed by atoms with Crippen molar-refractivity contribution in [3.63, 3.8) is 0 Å². The van der Waals surface area contributed by atoms with E-state index in [1.165, 1.54) is 87.3 Å². The van der Waals surface area contributed by atoms with Crippen LogP contribution in [0.15, 0.2) is 30.4 Å². The lowest BCUT2D eigenvalue weighted by atomic mass is 9.85. The fourth-order valence-electron chi connectivity index (χ4n) is 6.14. The summed E-state index contributed by atoms with van der Waals surface area (Å²) in [6.07, 6.45) is 21.3. The van der Waals surface area contributed by atoms with E-state index in [0.29, 0.717) is 12.0 Å². The molecule has 1 heterocycles. The van der Waals surface area contributed by atoms with Crippen LogP contribution in [-0.4, -0.2) is 25.9 Å². The molecule has 0 bridgehead atoms. The van der Waals surface area contributed by atoms with Crippen molar-refractivity contribution >= 4 is 5.57 Å². The van der Waals surface area contributed by atoms with Crippen LogP contribution in [0, 0.1) is 18.8 Å². The molecule has 0 radical (unpaired) electrons. The van der Waals surface area contributed by atoms with Gasteiger partial charge in [-0.05, 0) is 92.2 Å². The summed E-state index contributed by atoms with van der Waals surface area (Å²) in [6.45, 7) is 18.9. The summed E-state index contributed by atoms with van der Waals surface area (Å²) in [5.41, 5.74) is 4.97. The Morgan fingerprint density at radius 2 is 1.68 bits per heavy atom. The second-order valence-corrected chi connectivity index (χ2v) is 12.5. The van der Waals surface area contributed by atoms with Gasteiger partial charge in [-0.15, -0.1) is 0 Å². The molecule has 0 spiro atoms. The van der Waals surface area contributed by atoms with Gasteiger partial charge in [0.1, 0.15) is 0 Å². The molecule has 228 valence electrons. The van der Waals surface area contributed by atoms with Crippen molar-refractivity contribution in [1.29, 1.82) is 0 Å². The SMILES string of the molecule is C=C(/C=C(/CC(CCC)CCCC)c1cc(OC)c(OCCCCC(C)CCCCC)cc1C)C1CCC(C)O1. The average molecular weight is 555 g/mol. The molecule has 0 aromatic heterocycles. The van der Waals surface area contributed by atoms with E-state index in [1.54, 1.807) is 7.11 Å². The van der Waals surface area contributed by atoms with Gasteiger partial charge in [-0.3, -0.25) is 0 Å². The van der Waals surface area contributed by atoms with Crippen LogP contribution in [0.1, 0.15) is 142 Å². The lowest BCUT2D eigenvalue weighted by Crippen LogP contribution is -2.10. The zero-order valence-electron chi connectivity index (χ0n) is 27.3. The van der Waals surface area contributed by atoms with Crippen molar-refractivity contribution in [3.8, 4) is 11.5 Å². The van der Waals surface area contributed by atoms with Gasteiger partial charge in [0.15, 0.2) is 11.5 Å². The Hall–Kier alpha value is -1.74. The van der Waals surface area contributed by atoms with Gasteiger partial charge in [-0.1, -0.05) is 105 Å². The number of benzene rings is 1. The van der Waals surface area contributed by atoms with Crippen molar-refractivity contribution in [1.82, 2.24) is 0 Å². The van der Waals surface area contributed by atoms with Gasteiger partial charge >= 0.3 is 0 Å². The van der Waals surface area contributed by atoms with Crippen molar-refractivity contribution < 1.29 is 14.2 Å². The number of unbranched alkanes of at least 4 members (excludes halogenated alkanes) is 4. The predicted octanol–water partition coefficient (Wildman–Crippen LogP) is 11.3. The quantitative estimate of drug-likeness (QED) is 0.112. The summed E-state index contributed by atoms with van der Waals surface area (Å²) in [5.74, 6) is 3.19. The predicted molar refractivity (Wildman–Crippen MR) is 174 cm³/mol. The van der Waals surface area contributed by atoms with E-state index in [2.05, 4.69) is 66.3 Å². The normalized spacial score (nSPS) is 19.0. The van der Waals surface area contributed by atoms with Crippen molar-refractivity contribution in [2.24, 2.45) is 11.8 Å². The Kier molecular flexibility index (Phi) is 16.7. The molecule has 3 heteroatoms. The molecule has 1 aromatic rings. The maximum absolute atomic E-state index is 6.29. The lowest BCUT2D eigenvalue weighted by molar-refractivity contribution is 0.0789. The van der Waals surface area contributed by atoms with Crippen LogP contribution in [-0.2, 0) is 4.74 Å². The molecule has 4 atom stereocenters. The number of allylic oxidation sites excluding steroid dienone is 1. The molecular formula is C37H62O3. The smallest absolute Gasteiger partial charge is 0.161 e.